The van der Waals surface area contributed by atoms with Crippen molar-refractivity contribution in [2.24, 2.45) is 0 Å². The van der Waals surface area contributed by atoms with Crippen LogP contribution in [0.1, 0.15) is 36.7 Å². The van der Waals surface area contributed by atoms with E-state index >= 15 is 0 Å². The van der Waals surface area contributed by atoms with Gasteiger partial charge in [0.1, 0.15) is 17.2 Å². The zero-order chi connectivity index (χ0) is 21.2. The fourth-order valence-electron chi connectivity index (χ4n) is 2.77. The predicted molar refractivity (Wildman–Crippen MR) is 116 cm³/mol. The maximum atomic E-state index is 12.3. The third kappa shape index (κ3) is 6.57. The van der Waals surface area contributed by atoms with E-state index in [2.05, 4.69) is 17.4 Å². The molecule has 152 valence electrons. The first-order valence-corrected chi connectivity index (χ1v) is 9.65. The highest BCUT2D eigenvalue weighted by Gasteiger charge is 2.13. The normalized spacial score (nSPS) is 11.0. The van der Waals surface area contributed by atoms with Crippen molar-refractivity contribution in [1.82, 2.24) is 0 Å². The first kappa shape index (κ1) is 21.8. The molecule has 0 saturated carbocycles. The summed E-state index contributed by atoms with van der Waals surface area (Å²) in [6, 6.07) is 20.9. The number of ether oxygens (including phenoxy) is 1. The van der Waals surface area contributed by atoms with Crippen LogP contribution in [0.5, 0.6) is 17.2 Å². The minimum Gasteiger partial charge on any atom is -0.508 e. The molecule has 0 bridgehead atoms. The highest BCUT2D eigenvalue weighted by molar-refractivity contribution is 6.06. The van der Waals surface area contributed by atoms with Crippen LogP contribution in [0.2, 0.25) is 0 Å². The Bertz CT molecular complexity index is 925. The minimum absolute atomic E-state index is 0.00114. The lowest BCUT2D eigenvalue weighted by atomic mass is 10.1. The largest absolute Gasteiger partial charge is 0.508 e. The Morgan fingerprint density at radius 2 is 1.69 bits per heavy atom. The second-order valence-corrected chi connectivity index (χ2v) is 6.30. The van der Waals surface area contributed by atoms with Crippen molar-refractivity contribution in [1.29, 1.82) is 0 Å². The molecule has 3 aromatic carbocycles. The first-order chi connectivity index (χ1) is 14.0. The van der Waals surface area contributed by atoms with E-state index in [0.717, 1.165) is 6.42 Å². The monoisotopic (exact) mass is 393 g/mol. The number of rotatable bonds is 6. The third-order valence-electron chi connectivity index (χ3n) is 4.02. The molecule has 0 radical (unpaired) electrons. The van der Waals surface area contributed by atoms with Gasteiger partial charge in [0.05, 0.1) is 11.7 Å². The van der Waals surface area contributed by atoms with E-state index in [4.69, 9.17) is 4.74 Å². The summed E-state index contributed by atoms with van der Waals surface area (Å²) in [6.45, 7) is 5.99. The standard InChI is InChI=1S/C22H21NO4.C2H6/c1-15(12-16-6-3-2-4-7-16)27-19-9-5-8-17(13-19)23-22(26)20-14-18(24)10-11-21(20)25;1-2/h2-11,13-15,24-25H,12H2,1H3,(H,23,26);1-2H3. The summed E-state index contributed by atoms with van der Waals surface area (Å²) in [6.07, 6.45) is 0.739. The third-order valence-corrected chi connectivity index (χ3v) is 4.02. The van der Waals surface area contributed by atoms with Crippen LogP contribution in [-0.4, -0.2) is 22.2 Å². The molecule has 5 heteroatoms. The van der Waals surface area contributed by atoms with Gasteiger partial charge in [-0.15, -0.1) is 0 Å². The molecule has 1 unspecified atom stereocenters. The number of phenolic OH excluding ortho intramolecular Hbond substituents is 2. The highest BCUT2D eigenvalue weighted by atomic mass is 16.5. The maximum absolute atomic E-state index is 12.3. The SMILES string of the molecule is CC.CC(Cc1ccccc1)Oc1cccc(NC(=O)c2cc(O)ccc2O)c1. The summed E-state index contributed by atoms with van der Waals surface area (Å²) in [5.74, 6) is -0.173. The van der Waals surface area contributed by atoms with Crippen LogP contribution >= 0.6 is 0 Å². The number of carbonyl (C=O) groups is 1. The molecule has 5 nitrogen and oxygen atoms in total. The van der Waals surface area contributed by atoms with Gasteiger partial charge in [0.15, 0.2) is 0 Å². The first-order valence-electron chi connectivity index (χ1n) is 9.65. The molecule has 0 spiro atoms. The second-order valence-electron chi connectivity index (χ2n) is 6.30. The van der Waals surface area contributed by atoms with Gasteiger partial charge >= 0.3 is 0 Å². The van der Waals surface area contributed by atoms with Crippen molar-refractivity contribution in [2.45, 2.75) is 33.3 Å². The molecule has 0 heterocycles. The van der Waals surface area contributed by atoms with Crippen molar-refractivity contribution < 1.29 is 19.7 Å². The molecule has 1 amide bonds. The van der Waals surface area contributed by atoms with Gasteiger partial charge in [-0.05, 0) is 42.8 Å². The van der Waals surface area contributed by atoms with Crippen LogP contribution in [-0.2, 0) is 6.42 Å². The van der Waals surface area contributed by atoms with Crippen LogP contribution in [0.25, 0.3) is 0 Å². The van der Waals surface area contributed by atoms with Crippen LogP contribution in [0.4, 0.5) is 5.69 Å². The van der Waals surface area contributed by atoms with E-state index in [0.29, 0.717) is 11.4 Å². The quantitative estimate of drug-likeness (QED) is 0.491. The molecule has 0 aromatic heterocycles. The van der Waals surface area contributed by atoms with E-state index in [1.807, 2.05) is 45.0 Å². The molecule has 0 aliphatic rings. The Morgan fingerprint density at radius 3 is 2.41 bits per heavy atom. The fourth-order valence-corrected chi connectivity index (χ4v) is 2.77. The average Bonchev–Trinajstić information content (AvgIpc) is 2.72. The molecule has 3 rings (SSSR count). The average molecular weight is 393 g/mol. The van der Waals surface area contributed by atoms with E-state index in [1.54, 1.807) is 18.2 Å². The molecular formula is C24H27NO4. The molecule has 0 aliphatic heterocycles. The number of benzene rings is 3. The van der Waals surface area contributed by atoms with Crippen molar-refractivity contribution in [3.05, 3.63) is 83.9 Å². The van der Waals surface area contributed by atoms with Crippen LogP contribution in [0.15, 0.2) is 72.8 Å². The van der Waals surface area contributed by atoms with Crippen LogP contribution in [0.3, 0.4) is 0 Å². The van der Waals surface area contributed by atoms with E-state index in [9.17, 15) is 15.0 Å². The summed E-state index contributed by atoms with van der Waals surface area (Å²) >= 11 is 0. The number of hydrogen-bond donors (Lipinski definition) is 3. The zero-order valence-corrected chi connectivity index (χ0v) is 16.9. The van der Waals surface area contributed by atoms with Crippen molar-refractivity contribution >= 4 is 11.6 Å². The van der Waals surface area contributed by atoms with Crippen molar-refractivity contribution in [3.8, 4) is 17.2 Å². The summed E-state index contributed by atoms with van der Waals surface area (Å²) in [5.41, 5.74) is 1.72. The van der Waals surface area contributed by atoms with Gasteiger partial charge in [-0.1, -0.05) is 50.2 Å². The Balaban J connectivity index is 0.00000145. The summed E-state index contributed by atoms with van der Waals surface area (Å²) < 4.78 is 5.95. The molecule has 3 aromatic rings. The van der Waals surface area contributed by atoms with Gasteiger partial charge in [-0.3, -0.25) is 4.79 Å². The zero-order valence-electron chi connectivity index (χ0n) is 16.9. The van der Waals surface area contributed by atoms with E-state index in [-0.39, 0.29) is 23.2 Å². The smallest absolute Gasteiger partial charge is 0.259 e. The highest BCUT2D eigenvalue weighted by Crippen LogP contribution is 2.25. The van der Waals surface area contributed by atoms with Crippen LogP contribution < -0.4 is 10.1 Å². The predicted octanol–water partition coefficient (Wildman–Crippen LogP) is 5.39. The Morgan fingerprint density at radius 1 is 0.966 bits per heavy atom. The van der Waals surface area contributed by atoms with Gasteiger partial charge in [0.2, 0.25) is 0 Å². The lowest BCUT2D eigenvalue weighted by molar-refractivity contribution is 0.102. The number of amides is 1. The molecule has 0 fully saturated rings. The number of phenols is 2. The molecule has 0 aliphatic carbocycles. The Labute approximate surface area is 171 Å². The van der Waals surface area contributed by atoms with Crippen molar-refractivity contribution in [3.63, 3.8) is 0 Å². The topological polar surface area (TPSA) is 78.8 Å². The van der Waals surface area contributed by atoms with Gasteiger partial charge in [0.25, 0.3) is 5.91 Å². The van der Waals surface area contributed by atoms with Crippen molar-refractivity contribution in [2.75, 3.05) is 5.32 Å². The molecule has 0 saturated heterocycles. The van der Waals surface area contributed by atoms with E-state index < -0.39 is 5.91 Å². The van der Waals surface area contributed by atoms with Gasteiger partial charge in [-0.2, -0.15) is 0 Å². The Kier molecular flexibility index (Phi) is 8.10. The summed E-state index contributed by atoms with van der Waals surface area (Å²) in [5, 5.41) is 22.0. The molecule has 29 heavy (non-hydrogen) atoms. The summed E-state index contributed by atoms with van der Waals surface area (Å²) in [4.78, 5) is 12.3. The minimum atomic E-state index is -0.516. The Hall–Kier alpha value is -3.47. The lowest BCUT2D eigenvalue weighted by Gasteiger charge is -2.16. The van der Waals surface area contributed by atoms with Gasteiger partial charge < -0.3 is 20.3 Å². The molecule has 3 N–H and O–H groups in total. The number of anilines is 1. The number of nitrogens with one attached hydrogen (secondary N) is 1. The summed E-state index contributed by atoms with van der Waals surface area (Å²) in [7, 11) is 0. The number of aromatic hydroxyl groups is 2. The van der Waals surface area contributed by atoms with Gasteiger partial charge in [-0.25, -0.2) is 0 Å². The second kappa shape index (κ2) is 10.8. The number of carbonyl (C=O) groups excluding carboxylic acids is 1. The number of hydrogen-bond acceptors (Lipinski definition) is 4. The molecular weight excluding hydrogens is 366 g/mol. The van der Waals surface area contributed by atoms with Crippen LogP contribution in [0, 0.1) is 0 Å². The lowest BCUT2D eigenvalue weighted by Crippen LogP contribution is -2.15. The molecule has 1 atom stereocenters. The van der Waals surface area contributed by atoms with E-state index in [1.165, 1.54) is 23.8 Å². The maximum Gasteiger partial charge on any atom is 0.259 e. The fraction of sp³-hybridized carbons (Fsp3) is 0.208. The van der Waals surface area contributed by atoms with Gasteiger partial charge in [0, 0.05) is 18.2 Å².